The monoisotopic (exact) mass is 175 g/mol. The normalized spacial score (nSPS) is 14.9. The molecule has 0 aromatic heterocycles. The lowest BCUT2D eigenvalue weighted by atomic mass is 10.1. The SMILES string of the molecule is COC1=CCc2ccccc2N1C. The van der Waals surface area contributed by atoms with Crippen LogP contribution in [-0.2, 0) is 11.2 Å². The van der Waals surface area contributed by atoms with E-state index in [2.05, 4.69) is 29.2 Å². The van der Waals surface area contributed by atoms with Crippen molar-refractivity contribution in [1.29, 1.82) is 0 Å². The summed E-state index contributed by atoms with van der Waals surface area (Å²) in [6.45, 7) is 0. The first-order chi connectivity index (χ1) is 6.33. The third kappa shape index (κ3) is 1.28. The summed E-state index contributed by atoms with van der Waals surface area (Å²) in [4.78, 5) is 2.07. The molecule has 2 rings (SSSR count). The maximum absolute atomic E-state index is 5.25. The molecule has 1 aromatic rings. The van der Waals surface area contributed by atoms with Gasteiger partial charge in [-0.3, -0.25) is 0 Å². The smallest absolute Gasteiger partial charge is 0.189 e. The van der Waals surface area contributed by atoms with Gasteiger partial charge in [0.1, 0.15) is 0 Å². The van der Waals surface area contributed by atoms with Crippen LogP contribution in [0.1, 0.15) is 5.56 Å². The van der Waals surface area contributed by atoms with Gasteiger partial charge in [0.05, 0.1) is 7.11 Å². The van der Waals surface area contributed by atoms with Crippen LogP contribution >= 0.6 is 0 Å². The number of rotatable bonds is 1. The Balaban J connectivity index is 2.41. The molecule has 0 N–H and O–H groups in total. The number of hydrogen-bond donors (Lipinski definition) is 0. The van der Waals surface area contributed by atoms with E-state index in [1.165, 1.54) is 11.3 Å². The molecule has 0 spiro atoms. The highest BCUT2D eigenvalue weighted by Crippen LogP contribution is 2.27. The van der Waals surface area contributed by atoms with E-state index in [1.807, 2.05) is 13.1 Å². The van der Waals surface area contributed by atoms with Crippen LogP contribution in [0, 0.1) is 0 Å². The molecular formula is C11H13NO. The first kappa shape index (κ1) is 8.17. The van der Waals surface area contributed by atoms with Crippen LogP contribution in [0.5, 0.6) is 0 Å². The number of allylic oxidation sites excluding steroid dienone is 1. The van der Waals surface area contributed by atoms with Gasteiger partial charge in [-0.2, -0.15) is 0 Å². The molecular weight excluding hydrogens is 162 g/mol. The third-order valence-electron chi connectivity index (χ3n) is 2.39. The molecule has 1 aliphatic rings. The minimum Gasteiger partial charge on any atom is -0.482 e. The van der Waals surface area contributed by atoms with Gasteiger partial charge in [-0.15, -0.1) is 0 Å². The summed E-state index contributed by atoms with van der Waals surface area (Å²) >= 11 is 0. The third-order valence-corrected chi connectivity index (χ3v) is 2.39. The Hall–Kier alpha value is -1.44. The predicted octanol–water partition coefficient (Wildman–Crippen LogP) is 2.17. The number of nitrogens with zero attached hydrogens (tertiary/aromatic N) is 1. The molecule has 0 unspecified atom stereocenters. The van der Waals surface area contributed by atoms with Gasteiger partial charge in [0.25, 0.3) is 0 Å². The standard InChI is InChI=1S/C11H13NO/c1-12-10-6-4-3-5-9(10)7-8-11(12)13-2/h3-6,8H,7H2,1-2H3. The topological polar surface area (TPSA) is 12.5 Å². The van der Waals surface area contributed by atoms with Gasteiger partial charge < -0.3 is 9.64 Å². The summed E-state index contributed by atoms with van der Waals surface area (Å²) in [5.41, 5.74) is 2.59. The maximum Gasteiger partial charge on any atom is 0.189 e. The fraction of sp³-hybridized carbons (Fsp3) is 0.273. The van der Waals surface area contributed by atoms with Crippen LogP contribution in [-0.4, -0.2) is 14.2 Å². The fourth-order valence-corrected chi connectivity index (χ4v) is 1.68. The number of anilines is 1. The molecule has 1 aliphatic heterocycles. The summed E-state index contributed by atoms with van der Waals surface area (Å²) < 4.78 is 5.25. The van der Waals surface area contributed by atoms with Crippen LogP contribution in [0.25, 0.3) is 0 Å². The van der Waals surface area contributed by atoms with Crippen LogP contribution < -0.4 is 4.90 Å². The molecule has 2 heteroatoms. The Kier molecular flexibility index (Phi) is 1.97. The molecule has 1 aromatic carbocycles. The van der Waals surface area contributed by atoms with Crippen molar-refractivity contribution in [3.8, 4) is 0 Å². The minimum atomic E-state index is 0.929. The molecule has 0 fully saturated rings. The van der Waals surface area contributed by atoms with E-state index in [4.69, 9.17) is 4.74 Å². The fourth-order valence-electron chi connectivity index (χ4n) is 1.68. The van der Waals surface area contributed by atoms with Crippen molar-refractivity contribution in [2.45, 2.75) is 6.42 Å². The highest BCUT2D eigenvalue weighted by atomic mass is 16.5. The van der Waals surface area contributed by atoms with Gasteiger partial charge in [0.2, 0.25) is 0 Å². The molecule has 0 saturated carbocycles. The quantitative estimate of drug-likeness (QED) is 0.648. The largest absolute Gasteiger partial charge is 0.482 e. The van der Waals surface area contributed by atoms with Crippen LogP contribution in [0.4, 0.5) is 5.69 Å². The first-order valence-electron chi connectivity index (χ1n) is 4.38. The van der Waals surface area contributed by atoms with Gasteiger partial charge in [-0.1, -0.05) is 18.2 Å². The van der Waals surface area contributed by atoms with Crippen LogP contribution in [0.3, 0.4) is 0 Å². The van der Waals surface area contributed by atoms with Gasteiger partial charge >= 0.3 is 0 Å². The van der Waals surface area contributed by atoms with Crippen LogP contribution in [0.2, 0.25) is 0 Å². The summed E-state index contributed by atoms with van der Waals surface area (Å²) in [5, 5.41) is 0. The second-order valence-corrected chi connectivity index (χ2v) is 3.14. The molecule has 0 radical (unpaired) electrons. The zero-order valence-corrected chi connectivity index (χ0v) is 7.95. The molecule has 0 atom stereocenters. The maximum atomic E-state index is 5.25. The zero-order valence-electron chi connectivity index (χ0n) is 7.95. The number of fused-ring (bicyclic) bond motifs is 1. The van der Waals surface area contributed by atoms with Crippen LogP contribution in [0.15, 0.2) is 36.2 Å². The van der Waals surface area contributed by atoms with Crippen molar-refractivity contribution in [3.05, 3.63) is 41.8 Å². The second-order valence-electron chi connectivity index (χ2n) is 3.14. The van der Waals surface area contributed by atoms with E-state index >= 15 is 0 Å². The minimum absolute atomic E-state index is 0.929. The van der Waals surface area contributed by atoms with Gasteiger partial charge in [-0.05, 0) is 24.1 Å². The molecule has 2 nitrogen and oxygen atoms in total. The number of ether oxygens (including phenoxy) is 1. The van der Waals surface area contributed by atoms with Gasteiger partial charge in [0.15, 0.2) is 5.88 Å². The summed E-state index contributed by atoms with van der Waals surface area (Å²) in [5.74, 6) is 0.929. The van der Waals surface area contributed by atoms with E-state index in [9.17, 15) is 0 Å². The van der Waals surface area contributed by atoms with Crippen molar-refractivity contribution in [3.63, 3.8) is 0 Å². The van der Waals surface area contributed by atoms with E-state index in [-0.39, 0.29) is 0 Å². The Bertz CT molecular complexity index is 344. The lowest BCUT2D eigenvalue weighted by molar-refractivity contribution is 0.280. The molecule has 0 saturated heterocycles. The number of para-hydroxylation sites is 1. The number of methoxy groups -OCH3 is 1. The molecule has 68 valence electrons. The summed E-state index contributed by atoms with van der Waals surface area (Å²) in [7, 11) is 3.73. The Labute approximate surface area is 78.4 Å². The molecule has 13 heavy (non-hydrogen) atoms. The first-order valence-corrected chi connectivity index (χ1v) is 4.38. The van der Waals surface area contributed by atoms with E-state index in [0.717, 1.165) is 12.3 Å². The average molecular weight is 175 g/mol. The highest BCUT2D eigenvalue weighted by molar-refractivity contribution is 5.59. The second kappa shape index (κ2) is 3.13. The molecule has 0 amide bonds. The number of hydrogen-bond acceptors (Lipinski definition) is 2. The van der Waals surface area contributed by atoms with Gasteiger partial charge in [0, 0.05) is 12.7 Å². The molecule has 1 heterocycles. The van der Waals surface area contributed by atoms with E-state index in [0.29, 0.717) is 0 Å². The van der Waals surface area contributed by atoms with Gasteiger partial charge in [-0.25, -0.2) is 0 Å². The highest BCUT2D eigenvalue weighted by Gasteiger charge is 2.15. The summed E-state index contributed by atoms with van der Waals surface area (Å²) in [6.07, 6.45) is 3.06. The lowest BCUT2D eigenvalue weighted by Crippen LogP contribution is -2.22. The van der Waals surface area contributed by atoms with Crippen molar-refractivity contribution in [1.82, 2.24) is 0 Å². The Morgan fingerprint density at radius 2 is 2.08 bits per heavy atom. The van der Waals surface area contributed by atoms with Crippen molar-refractivity contribution >= 4 is 5.69 Å². The summed E-state index contributed by atoms with van der Waals surface area (Å²) in [6, 6.07) is 8.38. The van der Waals surface area contributed by atoms with E-state index < -0.39 is 0 Å². The van der Waals surface area contributed by atoms with Crippen molar-refractivity contribution in [2.75, 3.05) is 19.1 Å². The molecule has 0 aliphatic carbocycles. The zero-order chi connectivity index (χ0) is 9.26. The molecule has 0 bridgehead atoms. The number of benzene rings is 1. The van der Waals surface area contributed by atoms with E-state index in [1.54, 1.807) is 7.11 Å². The predicted molar refractivity (Wildman–Crippen MR) is 53.6 cm³/mol. The van der Waals surface area contributed by atoms with Crippen molar-refractivity contribution in [2.24, 2.45) is 0 Å². The lowest BCUT2D eigenvalue weighted by Gasteiger charge is -2.27. The van der Waals surface area contributed by atoms with Crippen molar-refractivity contribution < 1.29 is 4.74 Å². The Morgan fingerprint density at radius 1 is 1.31 bits per heavy atom. The average Bonchev–Trinajstić information content (AvgIpc) is 2.19. The Morgan fingerprint density at radius 3 is 2.85 bits per heavy atom.